The van der Waals surface area contributed by atoms with Gasteiger partial charge in [0.25, 0.3) is 0 Å². The molecule has 0 aliphatic carbocycles. The molecule has 2 rings (SSSR count). The summed E-state index contributed by atoms with van der Waals surface area (Å²) < 4.78 is 5.11. The Morgan fingerprint density at radius 1 is 1.57 bits per heavy atom. The highest BCUT2D eigenvalue weighted by Crippen LogP contribution is 2.15. The van der Waals surface area contributed by atoms with Crippen molar-refractivity contribution in [1.29, 1.82) is 0 Å². The molecule has 1 unspecified atom stereocenters. The molecule has 2 N–H and O–H groups in total. The van der Waals surface area contributed by atoms with Crippen molar-refractivity contribution in [3.05, 3.63) is 17.5 Å². The third-order valence-corrected chi connectivity index (χ3v) is 2.74. The molecule has 2 heterocycles. The fraction of sp³-hybridized carbons (Fsp3) is 0.700. The second-order valence-corrected chi connectivity index (χ2v) is 3.78. The van der Waals surface area contributed by atoms with Crippen LogP contribution in [0.25, 0.3) is 0 Å². The summed E-state index contributed by atoms with van der Waals surface area (Å²) in [5, 5.41) is 16.2. The van der Waals surface area contributed by atoms with Crippen molar-refractivity contribution in [2.24, 2.45) is 0 Å². The van der Waals surface area contributed by atoms with E-state index in [4.69, 9.17) is 9.63 Å². The number of hydrogen-bond acceptors (Lipinski definition) is 4. The fourth-order valence-corrected chi connectivity index (χ4v) is 1.90. The SMILES string of the molecule is OCc1cnoc1CC1CCCCN1. The number of piperidine rings is 1. The maximum Gasteiger partial charge on any atom is 0.143 e. The van der Waals surface area contributed by atoms with Gasteiger partial charge >= 0.3 is 0 Å². The van der Waals surface area contributed by atoms with Crippen LogP contribution in [0.2, 0.25) is 0 Å². The van der Waals surface area contributed by atoms with Crippen molar-refractivity contribution < 1.29 is 9.63 Å². The van der Waals surface area contributed by atoms with Gasteiger partial charge in [0.15, 0.2) is 0 Å². The third-order valence-electron chi connectivity index (χ3n) is 2.74. The van der Waals surface area contributed by atoms with Gasteiger partial charge in [-0.3, -0.25) is 0 Å². The zero-order chi connectivity index (χ0) is 9.80. The Balaban J connectivity index is 1.95. The van der Waals surface area contributed by atoms with Crippen LogP contribution >= 0.6 is 0 Å². The largest absolute Gasteiger partial charge is 0.391 e. The van der Waals surface area contributed by atoms with E-state index in [2.05, 4.69) is 10.5 Å². The van der Waals surface area contributed by atoms with Crippen molar-refractivity contribution >= 4 is 0 Å². The van der Waals surface area contributed by atoms with Gasteiger partial charge in [0.1, 0.15) is 5.76 Å². The van der Waals surface area contributed by atoms with Gasteiger partial charge < -0.3 is 14.9 Å². The van der Waals surface area contributed by atoms with E-state index in [1.807, 2.05) is 0 Å². The molecule has 0 radical (unpaired) electrons. The lowest BCUT2D eigenvalue weighted by Gasteiger charge is -2.22. The lowest BCUT2D eigenvalue weighted by molar-refractivity contribution is 0.273. The molecular formula is C10H16N2O2. The minimum atomic E-state index is 0.0194. The topological polar surface area (TPSA) is 58.3 Å². The summed E-state index contributed by atoms with van der Waals surface area (Å²) >= 11 is 0. The van der Waals surface area contributed by atoms with Crippen LogP contribution in [-0.4, -0.2) is 22.8 Å². The molecule has 1 atom stereocenters. The summed E-state index contributed by atoms with van der Waals surface area (Å²) in [4.78, 5) is 0. The third kappa shape index (κ3) is 2.13. The number of aliphatic hydroxyl groups is 1. The minimum Gasteiger partial charge on any atom is -0.391 e. The van der Waals surface area contributed by atoms with Crippen molar-refractivity contribution in [2.75, 3.05) is 6.54 Å². The molecular weight excluding hydrogens is 180 g/mol. The van der Waals surface area contributed by atoms with Gasteiger partial charge in [0, 0.05) is 18.0 Å². The van der Waals surface area contributed by atoms with Gasteiger partial charge in [-0.1, -0.05) is 11.6 Å². The Hall–Kier alpha value is -0.870. The first-order chi connectivity index (χ1) is 6.90. The van der Waals surface area contributed by atoms with Gasteiger partial charge in [-0.25, -0.2) is 0 Å². The zero-order valence-electron chi connectivity index (χ0n) is 8.20. The van der Waals surface area contributed by atoms with E-state index >= 15 is 0 Å². The molecule has 1 aliphatic rings. The Morgan fingerprint density at radius 2 is 2.50 bits per heavy atom. The van der Waals surface area contributed by atoms with E-state index in [0.717, 1.165) is 24.3 Å². The highest BCUT2D eigenvalue weighted by molar-refractivity contribution is 5.13. The van der Waals surface area contributed by atoms with Crippen LogP contribution in [-0.2, 0) is 13.0 Å². The highest BCUT2D eigenvalue weighted by atomic mass is 16.5. The van der Waals surface area contributed by atoms with Gasteiger partial charge in [-0.15, -0.1) is 0 Å². The first-order valence-corrected chi connectivity index (χ1v) is 5.17. The second-order valence-electron chi connectivity index (χ2n) is 3.78. The summed E-state index contributed by atoms with van der Waals surface area (Å²) in [6.07, 6.45) is 6.17. The van der Waals surface area contributed by atoms with Gasteiger partial charge in [0.05, 0.1) is 12.8 Å². The number of aromatic nitrogens is 1. The van der Waals surface area contributed by atoms with E-state index in [1.54, 1.807) is 6.20 Å². The average Bonchev–Trinajstić information content (AvgIpc) is 2.67. The summed E-state index contributed by atoms with van der Waals surface area (Å²) in [6, 6.07) is 0.488. The second kappa shape index (κ2) is 4.57. The Labute approximate surface area is 83.3 Å². The Morgan fingerprint density at radius 3 is 3.21 bits per heavy atom. The van der Waals surface area contributed by atoms with Crippen LogP contribution in [0.3, 0.4) is 0 Å². The molecule has 1 aromatic heterocycles. The van der Waals surface area contributed by atoms with Gasteiger partial charge in [-0.2, -0.15) is 0 Å². The maximum absolute atomic E-state index is 9.02. The molecule has 0 saturated carbocycles. The molecule has 4 heteroatoms. The highest BCUT2D eigenvalue weighted by Gasteiger charge is 2.17. The fourth-order valence-electron chi connectivity index (χ4n) is 1.90. The van der Waals surface area contributed by atoms with E-state index in [-0.39, 0.29) is 6.61 Å². The predicted octanol–water partition coefficient (Wildman–Crippen LogP) is 0.851. The van der Waals surface area contributed by atoms with E-state index in [9.17, 15) is 0 Å². The van der Waals surface area contributed by atoms with Crippen LogP contribution in [0.4, 0.5) is 0 Å². The van der Waals surface area contributed by atoms with Crippen LogP contribution < -0.4 is 5.32 Å². The summed E-state index contributed by atoms with van der Waals surface area (Å²) in [5.41, 5.74) is 0.817. The van der Waals surface area contributed by atoms with E-state index in [1.165, 1.54) is 19.3 Å². The average molecular weight is 196 g/mol. The zero-order valence-corrected chi connectivity index (χ0v) is 8.20. The van der Waals surface area contributed by atoms with Gasteiger partial charge in [0.2, 0.25) is 0 Å². The molecule has 1 aromatic rings. The standard InChI is InChI=1S/C10H16N2O2/c13-7-8-6-12-14-10(8)5-9-3-1-2-4-11-9/h6,9,11,13H,1-5,7H2. The lowest BCUT2D eigenvalue weighted by atomic mass is 10.00. The van der Waals surface area contributed by atoms with Crippen molar-refractivity contribution in [3.8, 4) is 0 Å². The first kappa shape index (κ1) is 9.68. The van der Waals surface area contributed by atoms with Gasteiger partial charge in [-0.05, 0) is 19.4 Å². The van der Waals surface area contributed by atoms with Crippen LogP contribution in [0.5, 0.6) is 0 Å². The monoisotopic (exact) mass is 196 g/mol. The Kier molecular flexibility index (Phi) is 3.16. The van der Waals surface area contributed by atoms with Crippen molar-refractivity contribution in [3.63, 3.8) is 0 Å². The molecule has 0 aromatic carbocycles. The molecule has 0 amide bonds. The number of nitrogens with zero attached hydrogens (tertiary/aromatic N) is 1. The molecule has 0 bridgehead atoms. The molecule has 1 saturated heterocycles. The summed E-state index contributed by atoms with van der Waals surface area (Å²) in [7, 11) is 0. The van der Waals surface area contributed by atoms with E-state index < -0.39 is 0 Å². The van der Waals surface area contributed by atoms with Crippen LogP contribution in [0.1, 0.15) is 30.6 Å². The normalized spacial score (nSPS) is 22.5. The maximum atomic E-state index is 9.02. The molecule has 78 valence electrons. The number of rotatable bonds is 3. The molecule has 14 heavy (non-hydrogen) atoms. The minimum absolute atomic E-state index is 0.0194. The summed E-state index contributed by atoms with van der Waals surface area (Å²) in [5.74, 6) is 0.826. The predicted molar refractivity (Wildman–Crippen MR) is 51.8 cm³/mol. The quantitative estimate of drug-likeness (QED) is 0.752. The molecule has 1 aliphatic heterocycles. The van der Waals surface area contributed by atoms with E-state index in [0.29, 0.717) is 6.04 Å². The summed E-state index contributed by atoms with van der Waals surface area (Å²) in [6.45, 7) is 1.11. The Bertz CT molecular complexity index is 279. The lowest BCUT2D eigenvalue weighted by Crippen LogP contribution is -2.35. The molecule has 4 nitrogen and oxygen atoms in total. The number of nitrogens with one attached hydrogen (secondary N) is 1. The molecule has 1 fully saturated rings. The van der Waals surface area contributed by atoms with Crippen LogP contribution in [0, 0.1) is 0 Å². The smallest absolute Gasteiger partial charge is 0.143 e. The molecule has 0 spiro atoms. The number of hydrogen-bond donors (Lipinski definition) is 2. The number of aliphatic hydroxyl groups excluding tert-OH is 1. The van der Waals surface area contributed by atoms with Crippen molar-refractivity contribution in [1.82, 2.24) is 10.5 Å². The van der Waals surface area contributed by atoms with Crippen LogP contribution in [0.15, 0.2) is 10.7 Å². The van der Waals surface area contributed by atoms with Crippen molar-refractivity contribution in [2.45, 2.75) is 38.3 Å². The first-order valence-electron chi connectivity index (χ1n) is 5.17.